The van der Waals surface area contributed by atoms with Crippen LogP contribution in [0.5, 0.6) is 0 Å². The van der Waals surface area contributed by atoms with Crippen LogP contribution in [0.4, 0.5) is 0 Å². The van der Waals surface area contributed by atoms with Crippen LogP contribution in [0, 0.1) is 6.92 Å². The van der Waals surface area contributed by atoms with Crippen molar-refractivity contribution in [3.05, 3.63) is 19.1 Å². The summed E-state index contributed by atoms with van der Waals surface area (Å²) in [5.41, 5.74) is 0. The molecular weight excluding hydrogens is 240 g/mol. The van der Waals surface area contributed by atoms with Crippen molar-refractivity contribution in [3.63, 3.8) is 0 Å². The van der Waals surface area contributed by atoms with E-state index < -0.39 is 0 Å². The molecule has 119 valence electrons. The summed E-state index contributed by atoms with van der Waals surface area (Å²) in [6, 6.07) is 0. The lowest BCUT2D eigenvalue weighted by molar-refractivity contribution is 0.561. The Bertz CT molecular complexity index is 180. The van der Waals surface area contributed by atoms with Crippen LogP contribution >= 0.6 is 0 Å². The summed E-state index contributed by atoms with van der Waals surface area (Å²) in [7, 11) is 0. The molecule has 0 spiro atoms. The van der Waals surface area contributed by atoms with Gasteiger partial charge in [0.25, 0.3) is 0 Å². The quantitative estimate of drug-likeness (QED) is 0.201. The summed E-state index contributed by atoms with van der Waals surface area (Å²) in [5, 5.41) is 0. The average molecular weight is 280 g/mol. The molecule has 0 bridgehead atoms. The minimum Gasteiger partial charge on any atom is -0.0885 e. The summed E-state index contributed by atoms with van der Waals surface area (Å²) in [4.78, 5) is 0. The van der Waals surface area contributed by atoms with E-state index in [1.807, 2.05) is 0 Å². The third-order valence-electron chi connectivity index (χ3n) is 4.01. The van der Waals surface area contributed by atoms with Gasteiger partial charge in [-0.15, -0.1) is 0 Å². The van der Waals surface area contributed by atoms with Crippen molar-refractivity contribution in [2.45, 2.75) is 110 Å². The van der Waals surface area contributed by atoms with Gasteiger partial charge in [-0.25, -0.2) is 0 Å². The summed E-state index contributed by atoms with van der Waals surface area (Å²) < 4.78 is 0. The second-order valence-corrected chi connectivity index (χ2v) is 6.14. The van der Waals surface area contributed by atoms with E-state index in [9.17, 15) is 0 Å². The summed E-state index contributed by atoms with van der Waals surface area (Å²) >= 11 is 0. The number of hydrogen-bond acceptors (Lipinski definition) is 0. The highest BCUT2D eigenvalue weighted by atomic mass is 14.0. The molecule has 0 atom stereocenters. The summed E-state index contributed by atoms with van der Waals surface area (Å²) in [6.07, 6.45) is 26.8. The number of hydrogen-bond donors (Lipinski definition) is 0. The molecule has 0 aromatic carbocycles. The topological polar surface area (TPSA) is 0 Å². The van der Waals surface area contributed by atoms with Crippen molar-refractivity contribution >= 4 is 0 Å². The smallest absolute Gasteiger partial charge is 0.0351 e. The number of unbranched alkanes of at least 4 members (excludes halogenated alkanes) is 14. The first-order valence-corrected chi connectivity index (χ1v) is 9.36. The Hall–Kier alpha value is -0.260. The molecule has 0 N–H and O–H groups in total. The Balaban J connectivity index is 3.00. The fraction of sp³-hybridized carbons (Fsp3) is 0.850. The molecule has 0 fully saturated rings. The minimum absolute atomic E-state index is 1.12. The molecule has 0 aliphatic heterocycles. The van der Waals surface area contributed by atoms with E-state index in [1.165, 1.54) is 96.3 Å². The molecule has 0 aliphatic rings. The van der Waals surface area contributed by atoms with E-state index in [2.05, 4.69) is 26.0 Å². The van der Waals surface area contributed by atoms with Crippen LogP contribution in [0.25, 0.3) is 0 Å². The van der Waals surface area contributed by atoms with E-state index >= 15 is 0 Å². The summed E-state index contributed by atoms with van der Waals surface area (Å²) in [5.74, 6) is 0. The molecule has 0 saturated carbocycles. The maximum atomic E-state index is 3.89. The highest BCUT2D eigenvalue weighted by Crippen LogP contribution is 2.11. The minimum atomic E-state index is 1.12. The molecule has 0 amide bonds. The van der Waals surface area contributed by atoms with Crippen LogP contribution in [-0.2, 0) is 0 Å². The summed E-state index contributed by atoms with van der Waals surface area (Å²) in [6.45, 7) is 6.16. The predicted octanol–water partition coefficient (Wildman–Crippen LogP) is 7.64. The number of allylic oxidation sites excluding steroid dienone is 2. The van der Waals surface area contributed by atoms with Crippen molar-refractivity contribution in [1.29, 1.82) is 0 Å². The van der Waals surface area contributed by atoms with Crippen molar-refractivity contribution in [2.75, 3.05) is 0 Å². The Labute approximate surface area is 129 Å². The molecule has 0 aliphatic carbocycles. The Morgan fingerprint density at radius 3 is 1.40 bits per heavy atom. The van der Waals surface area contributed by atoms with Gasteiger partial charge in [-0.3, -0.25) is 0 Å². The van der Waals surface area contributed by atoms with Gasteiger partial charge >= 0.3 is 0 Å². The number of rotatable bonds is 16. The van der Waals surface area contributed by atoms with Gasteiger partial charge in [-0.05, 0) is 25.7 Å². The first-order valence-electron chi connectivity index (χ1n) is 9.36. The third-order valence-corrected chi connectivity index (χ3v) is 4.01. The Kier molecular flexibility index (Phi) is 18.5. The first kappa shape index (κ1) is 19.7. The molecule has 1 radical (unpaired) electrons. The Morgan fingerprint density at radius 1 is 0.550 bits per heavy atom. The van der Waals surface area contributed by atoms with E-state index in [0.29, 0.717) is 0 Å². The van der Waals surface area contributed by atoms with Gasteiger partial charge in [0.2, 0.25) is 0 Å². The van der Waals surface area contributed by atoms with Crippen LogP contribution in [0.3, 0.4) is 0 Å². The third kappa shape index (κ3) is 17.7. The molecule has 0 heteroatoms. The Morgan fingerprint density at radius 2 is 0.950 bits per heavy atom. The van der Waals surface area contributed by atoms with Crippen LogP contribution in [0.15, 0.2) is 12.2 Å². The second kappa shape index (κ2) is 18.7. The highest BCUT2D eigenvalue weighted by Gasteiger charge is 1.92. The first-order chi connectivity index (χ1) is 9.91. The fourth-order valence-corrected chi connectivity index (χ4v) is 2.60. The molecule has 0 nitrogen and oxygen atoms in total. The van der Waals surface area contributed by atoms with Gasteiger partial charge < -0.3 is 0 Å². The van der Waals surface area contributed by atoms with Crippen molar-refractivity contribution in [1.82, 2.24) is 0 Å². The van der Waals surface area contributed by atoms with Gasteiger partial charge in [0.15, 0.2) is 0 Å². The van der Waals surface area contributed by atoms with Crippen LogP contribution in [0.2, 0.25) is 0 Å². The molecule has 0 unspecified atom stereocenters. The molecule has 0 aromatic rings. The van der Waals surface area contributed by atoms with E-state index in [1.54, 1.807) is 0 Å². The van der Waals surface area contributed by atoms with Gasteiger partial charge in [-0.2, -0.15) is 0 Å². The maximum absolute atomic E-state index is 3.89. The fourth-order valence-electron chi connectivity index (χ4n) is 2.60. The average Bonchev–Trinajstić information content (AvgIpc) is 2.47. The van der Waals surface area contributed by atoms with Crippen LogP contribution in [0.1, 0.15) is 110 Å². The van der Waals surface area contributed by atoms with Crippen molar-refractivity contribution in [2.24, 2.45) is 0 Å². The van der Waals surface area contributed by atoms with Crippen molar-refractivity contribution in [3.8, 4) is 0 Å². The standard InChI is InChI=1S/C20H39/c1-3-5-7-9-11-13-15-17-19-20-18-16-14-12-10-8-6-4-2/h14,16H,1,3-13,15,17-20H2,2H3/b16-14-. The molecule has 20 heavy (non-hydrogen) atoms. The van der Waals surface area contributed by atoms with Crippen molar-refractivity contribution < 1.29 is 0 Å². The lowest BCUT2D eigenvalue weighted by Crippen LogP contribution is -1.81. The molecular formula is C20H39. The molecule has 0 saturated heterocycles. The molecule has 0 aromatic heterocycles. The molecule has 0 rings (SSSR count). The highest BCUT2D eigenvalue weighted by molar-refractivity contribution is 4.81. The van der Waals surface area contributed by atoms with E-state index in [4.69, 9.17) is 0 Å². The predicted molar refractivity (Wildman–Crippen MR) is 94.0 cm³/mol. The van der Waals surface area contributed by atoms with Crippen LogP contribution in [-0.4, -0.2) is 0 Å². The SMILES string of the molecule is [CH2]CCCCCCCCCCC/C=C\CCCCCC. The zero-order valence-electron chi connectivity index (χ0n) is 14.2. The zero-order chi connectivity index (χ0) is 14.7. The van der Waals surface area contributed by atoms with E-state index in [0.717, 1.165) is 6.42 Å². The van der Waals surface area contributed by atoms with Gasteiger partial charge in [0.1, 0.15) is 0 Å². The second-order valence-electron chi connectivity index (χ2n) is 6.14. The largest absolute Gasteiger partial charge is 0.0885 e. The van der Waals surface area contributed by atoms with Gasteiger partial charge in [0.05, 0.1) is 0 Å². The zero-order valence-corrected chi connectivity index (χ0v) is 14.2. The monoisotopic (exact) mass is 279 g/mol. The lowest BCUT2D eigenvalue weighted by Gasteiger charge is -2.01. The molecule has 0 heterocycles. The van der Waals surface area contributed by atoms with Gasteiger partial charge in [-0.1, -0.05) is 103 Å². The van der Waals surface area contributed by atoms with E-state index in [-0.39, 0.29) is 0 Å². The maximum Gasteiger partial charge on any atom is -0.0351 e. The normalized spacial score (nSPS) is 11.5. The lowest BCUT2D eigenvalue weighted by atomic mass is 10.1. The van der Waals surface area contributed by atoms with Crippen LogP contribution < -0.4 is 0 Å². The van der Waals surface area contributed by atoms with Gasteiger partial charge in [0, 0.05) is 0 Å².